The van der Waals surface area contributed by atoms with Gasteiger partial charge in [-0.1, -0.05) is 18.2 Å². The Morgan fingerprint density at radius 2 is 1.86 bits per heavy atom. The Kier molecular flexibility index (Phi) is 8.00. The van der Waals surface area contributed by atoms with E-state index in [-0.39, 0.29) is 18.5 Å². The third-order valence-corrected chi connectivity index (χ3v) is 5.68. The molecule has 0 spiro atoms. The number of ether oxygens (including phenoxy) is 2. The lowest BCUT2D eigenvalue weighted by molar-refractivity contribution is -0.149. The van der Waals surface area contributed by atoms with E-state index in [2.05, 4.69) is 5.09 Å². The zero-order valence-electron chi connectivity index (χ0n) is 16.3. The normalized spacial score (nSPS) is 28.0. The molecule has 158 valence electrons. The van der Waals surface area contributed by atoms with Crippen LogP contribution in [0.4, 0.5) is 0 Å². The summed E-state index contributed by atoms with van der Waals surface area (Å²) < 4.78 is 34.7. The van der Waals surface area contributed by atoms with Gasteiger partial charge < -0.3 is 24.2 Å². The monoisotopic (exact) mass is 417 g/mol. The van der Waals surface area contributed by atoms with Crippen LogP contribution >= 0.6 is 7.75 Å². The lowest BCUT2D eigenvalue weighted by atomic mass is 10.1. The maximum Gasteiger partial charge on any atom is 0.459 e. The Morgan fingerprint density at radius 3 is 2.39 bits per heavy atom. The molecule has 0 radical (unpaired) electrons. The second-order valence-corrected chi connectivity index (χ2v) is 8.59. The van der Waals surface area contributed by atoms with Crippen LogP contribution in [-0.2, 0) is 23.4 Å². The first kappa shape index (κ1) is 22.8. The van der Waals surface area contributed by atoms with Crippen LogP contribution in [0.1, 0.15) is 27.7 Å². The number of aliphatic hydroxyl groups is 2. The number of carbonyl (C=O) groups is 1. The zero-order chi connectivity index (χ0) is 20.9. The molecule has 2 rings (SSSR count). The van der Waals surface area contributed by atoms with Crippen molar-refractivity contribution in [3.05, 3.63) is 30.3 Å². The average molecular weight is 417 g/mol. The molecule has 0 saturated carbocycles. The summed E-state index contributed by atoms with van der Waals surface area (Å²) in [6.07, 6.45) is -4.08. The van der Waals surface area contributed by atoms with E-state index in [0.29, 0.717) is 0 Å². The Morgan fingerprint density at radius 1 is 1.21 bits per heavy atom. The average Bonchev–Trinajstić information content (AvgIpc) is 2.87. The van der Waals surface area contributed by atoms with Gasteiger partial charge in [0.25, 0.3) is 0 Å². The molecule has 1 aliphatic heterocycles. The third-order valence-electron chi connectivity index (χ3n) is 4.04. The van der Waals surface area contributed by atoms with Crippen LogP contribution in [0.3, 0.4) is 0 Å². The fourth-order valence-corrected chi connectivity index (χ4v) is 4.08. The van der Waals surface area contributed by atoms with Crippen molar-refractivity contribution in [2.24, 2.45) is 0 Å². The standard InChI is InChI=1S/C18H28NO8P/c1-11(2)25-18(22)12(3)19-28(23,27-14-8-6-5-7-9-14)24-10-15-17(21)16(20)13(4)26-15/h5-9,11-13,15-17,20-21H,10H2,1-4H3,(H,19,23)/t12-,13-,15+,16+,17?,28-/m0/s1. The van der Waals surface area contributed by atoms with E-state index in [4.69, 9.17) is 18.5 Å². The van der Waals surface area contributed by atoms with Crippen LogP contribution in [0.2, 0.25) is 0 Å². The van der Waals surface area contributed by atoms with Gasteiger partial charge in [0.15, 0.2) is 0 Å². The molecule has 28 heavy (non-hydrogen) atoms. The van der Waals surface area contributed by atoms with Crippen LogP contribution in [0.15, 0.2) is 30.3 Å². The summed E-state index contributed by atoms with van der Waals surface area (Å²) in [5.74, 6) is -0.347. The Labute approximate surface area is 164 Å². The largest absolute Gasteiger partial charge is 0.462 e. The van der Waals surface area contributed by atoms with Gasteiger partial charge >= 0.3 is 13.7 Å². The van der Waals surface area contributed by atoms with Crippen molar-refractivity contribution in [3.63, 3.8) is 0 Å². The number of aliphatic hydroxyl groups excluding tert-OH is 2. The second kappa shape index (κ2) is 9.82. The number of hydrogen-bond donors (Lipinski definition) is 3. The second-order valence-electron chi connectivity index (χ2n) is 6.89. The van der Waals surface area contributed by atoms with Gasteiger partial charge in [0.2, 0.25) is 0 Å². The highest BCUT2D eigenvalue weighted by atomic mass is 31.2. The van der Waals surface area contributed by atoms with Gasteiger partial charge in [0.05, 0.1) is 18.8 Å². The van der Waals surface area contributed by atoms with E-state index in [1.165, 1.54) is 6.92 Å². The van der Waals surface area contributed by atoms with Crippen LogP contribution in [0.25, 0.3) is 0 Å². The van der Waals surface area contributed by atoms with Crippen LogP contribution < -0.4 is 9.61 Å². The van der Waals surface area contributed by atoms with Crippen molar-refractivity contribution in [2.45, 2.75) is 64.3 Å². The van der Waals surface area contributed by atoms with Gasteiger partial charge in [-0.3, -0.25) is 9.32 Å². The SMILES string of the molecule is CC(C)OC(=O)[C@H](C)N[P@](=O)(OC[C@H]1O[C@@H](C)[C@@H](O)C1O)Oc1ccccc1. The van der Waals surface area contributed by atoms with Crippen LogP contribution in [-0.4, -0.2) is 59.4 Å². The fraction of sp³-hybridized carbons (Fsp3) is 0.611. The van der Waals surface area contributed by atoms with E-state index in [9.17, 15) is 19.6 Å². The fourth-order valence-electron chi connectivity index (χ4n) is 2.58. The molecule has 1 saturated heterocycles. The molecular weight excluding hydrogens is 389 g/mol. The molecule has 1 fully saturated rings. The van der Waals surface area contributed by atoms with Crippen molar-refractivity contribution in [3.8, 4) is 5.75 Å². The van der Waals surface area contributed by atoms with Gasteiger partial charge in [-0.2, -0.15) is 5.09 Å². The van der Waals surface area contributed by atoms with Crippen molar-refractivity contribution < 1.29 is 38.1 Å². The van der Waals surface area contributed by atoms with E-state index in [1.54, 1.807) is 51.1 Å². The number of benzene rings is 1. The van der Waals surface area contributed by atoms with Crippen molar-refractivity contribution >= 4 is 13.7 Å². The van der Waals surface area contributed by atoms with Gasteiger partial charge in [0.1, 0.15) is 30.1 Å². The third kappa shape index (κ3) is 6.27. The van der Waals surface area contributed by atoms with Gasteiger partial charge in [-0.15, -0.1) is 0 Å². The molecule has 9 nitrogen and oxygen atoms in total. The molecule has 3 N–H and O–H groups in total. The molecule has 0 bridgehead atoms. The Hall–Kier alpha value is -1.48. The summed E-state index contributed by atoms with van der Waals surface area (Å²) in [6.45, 7) is 6.17. The molecule has 0 amide bonds. The summed E-state index contributed by atoms with van der Waals surface area (Å²) in [6, 6.07) is 7.34. The van der Waals surface area contributed by atoms with Gasteiger partial charge in [-0.25, -0.2) is 4.57 Å². The van der Waals surface area contributed by atoms with Crippen molar-refractivity contribution in [1.82, 2.24) is 5.09 Å². The molecule has 1 aromatic rings. The highest BCUT2D eigenvalue weighted by molar-refractivity contribution is 7.52. The predicted molar refractivity (Wildman–Crippen MR) is 101 cm³/mol. The maximum atomic E-state index is 13.2. The number of hydrogen-bond acceptors (Lipinski definition) is 8. The van der Waals surface area contributed by atoms with E-state index in [0.717, 1.165) is 0 Å². The lowest BCUT2D eigenvalue weighted by Gasteiger charge is -2.25. The van der Waals surface area contributed by atoms with Crippen LogP contribution in [0.5, 0.6) is 5.75 Å². The molecule has 1 heterocycles. The quantitative estimate of drug-likeness (QED) is 0.406. The first-order valence-corrected chi connectivity index (χ1v) is 10.6. The maximum absolute atomic E-state index is 13.2. The number of rotatable bonds is 9. The first-order chi connectivity index (χ1) is 13.1. The summed E-state index contributed by atoms with van der Waals surface area (Å²) in [5.41, 5.74) is 0. The molecule has 1 unspecified atom stereocenters. The Balaban J connectivity index is 2.09. The number of nitrogens with one attached hydrogen (secondary N) is 1. The summed E-state index contributed by atoms with van der Waals surface area (Å²) in [7, 11) is -4.04. The first-order valence-electron chi connectivity index (χ1n) is 9.10. The summed E-state index contributed by atoms with van der Waals surface area (Å²) >= 11 is 0. The van der Waals surface area contributed by atoms with Gasteiger partial charge in [0, 0.05) is 0 Å². The van der Waals surface area contributed by atoms with Crippen LogP contribution in [0, 0.1) is 0 Å². The minimum atomic E-state index is -4.04. The topological polar surface area (TPSA) is 124 Å². The lowest BCUT2D eigenvalue weighted by Crippen LogP contribution is -2.38. The summed E-state index contributed by atoms with van der Waals surface area (Å²) in [5, 5.41) is 22.3. The van der Waals surface area contributed by atoms with Crippen molar-refractivity contribution in [2.75, 3.05) is 6.61 Å². The predicted octanol–water partition coefficient (Wildman–Crippen LogP) is 1.63. The van der Waals surface area contributed by atoms with Gasteiger partial charge in [-0.05, 0) is 39.8 Å². The zero-order valence-corrected chi connectivity index (χ0v) is 17.2. The molecular formula is C18H28NO8P. The smallest absolute Gasteiger partial charge is 0.459 e. The minimum Gasteiger partial charge on any atom is -0.462 e. The number of para-hydroxylation sites is 1. The van der Waals surface area contributed by atoms with Crippen molar-refractivity contribution in [1.29, 1.82) is 0 Å². The number of esters is 1. The molecule has 0 aliphatic carbocycles. The molecule has 1 aromatic carbocycles. The minimum absolute atomic E-state index is 0.268. The molecule has 1 aliphatic rings. The molecule has 0 aromatic heterocycles. The molecule has 6 atom stereocenters. The highest BCUT2D eigenvalue weighted by Crippen LogP contribution is 2.45. The molecule has 10 heteroatoms. The van der Waals surface area contributed by atoms with E-state index < -0.39 is 44.2 Å². The summed E-state index contributed by atoms with van der Waals surface area (Å²) in [4.78, 5) is 12.1. The van der Waals surface area contributed by atoms with E-state index in [1.807, 2.05) is 0 Å². The van der Waals surface area contributed by atoms with E-state index >= 15 is 0 Å². The Bertz CT molecular complexity index is 685. The number of carbonyl (C=O) groups excluding carboxylic acids is 1. The highest BCUT2D eigenvalue weighted by Gasteiger charge is 2.42.